The van der Waals surface area contributed by atoms with Crippen molar-refractivity contribution in [2.45, 2.75) is 11.1 Å². The Balaban J connectivity index is 1.74. The fraction of sp³-hybridized carbons (Fsp3) is 0.231. The molecule has 3 aromatic heterocycles. The van der Waals surface area contributed by atoms with Gasteiger partial charge in [0.05, 0.1) is 23.2 Å². The predicted octanol–water partition coefficient (Wildman–Crippen LogP) is 1.10. The first-order valence-electron chi connectivity index (χ1n) is 7.11. The summed E-state index contributed by atoms with van der Waals surface area (Å²) in [6.45, 7) is 1.64. The van der Waals surface area contributed by atoms with Crippen LogP contribution >= 0.6 is 23.1 Å². The summed E-state index contributed by atoms with van der Waals surface area (Å²) >= 11 is 3.10. The van der Waals surface area contributed by atoms with Crippen molar-refractivity contribution in [2.75, 3.05) is 19.1 Å². The molecule has 0 aliphatic rings. The van der Waals surface area contributed by atoms with Crippen molar-refractivity contribution in [3.8, 4) is 10.9 Å². The summed E-state index contributed by atoms with van der Waals surface area (Å²) in [6, 6.07) is 1.92. The topological polar surface area (TPSA) is 146 Å². The van der Waals surface area contributed by atoms with E-state index in [4.69, 9.17) is 10.5 Å². The molecule has 11 nitrogen and oxygen atoms in total. The number of hydrogen-bond donors (Lipinski definition) is 2. The van der Waals surface area contributed by atoms with Crippen molar-refractivity contribution in [1.82, 2.24) is 30.7 Å². The van der Waals surface area contributed by atoms with E-state index in [9.17, 15) is 4.79 Å². The summed E-state index contributed by atoms with van der Waals surface area (Å²) < 4.78 is 12.1. The molecule has 0 atom stereocenters. The maximum absolute atomic E-state index is 12.3. The maximum atomic E-state index is 12.3. The normalized spacial score (nSPS) is 11.2. The highest BCUT2D eigenvalue weighted by Crippen LogP contribution is 2.34. The minimum atomic E-state index is -0.528. The molecule has 3 aromatic rings. The summed E-state index contributed by atoms with van der Waals surface area (Å²) in [5.41, 5.74) is 9.28. The van der Waals surface area contributed by atoms with Gasteiger partial charge in [0.1, 0.15) is 0 Å². The number of aromatic nitrogens is 5. The Morgan fingerprint density at radius 1 is 1.54 bits per heavy atom. The van der Waals surface area contributed by atoms with Crippen molar-refractivity contribution in [3.05, 3.63) is 23.0 Å². The number of amides is 1. The van der Waals surface area contributed by atoms with E-state index < -0.39 is 5.91 Å². The van der Waals surface area contributed by atoms with E-state index >= 15 is 0 Å². The highest BCUT2D eigenvalue weighted by Gasteiger charge is 2.20. The average molecular weight is 394 g/mol. The Hall–Kier alpha value is -2.93. The van der Waals surface area contributed by atoms with Gasteiger partial charge >= 0.3 is 0 Å². The molecule has 3 N–H and O–H groups in total. The predicted molar refractivity (Wildman–Crippen MR) is 96.1 cm³/mol. The Kier molecular flexibility index (Phi) is 5.18. The number of hydrogen-bond acceptors (Lipinski definition) is 11. The lowest BCUT2D eigenvalue weighted by atomic mass is 10.3. The molecule has 1 amide bonds. The maximum Gasteiger partial charge on any atom is 0.293 e. The number of nitrogens with one attached hydrogen (secondary N) is 1. The largest absolute Gasteiger partial charge is 0.487 e. The van der Waals surface area contributed by atoms with E-state index in [1.165, 1.54) is 22.2 Å². The zero-order valence-electron chi connectivity index (χ0n) is 14.0. The zero-order chi connectivity index (χ0) is 18.7. The van der Waals surface area contributed by atoms with Gasteiger partial charge in [-0.3, -0.25) is 4.79 Å². The Bertz CT molecular complexity index is 961. The van der Waals surface area contributed by atoms with Crippen molar-refractivity contribution in [3.63, 3.8) is 0 Å². The van der Waals surface area contributed by atoms with Gasteiger partial charge in [-0.25, -0.2) is 10.1 Å². The average Bonchev–Trinajstić information content (AvgIpc) is 3.33. The van der Waals surface area contributed by atoms with Crippen LogP contribution in [0, 0.1) is 6.92 Å². The number of hydrazone groups is 1. The number of thioether (sulfide) groups is 1. The van der Waals surface area contributed by atoms with Crippen molar-refractivity contribution in [2.24, 2.45) is 5.10 Å². The minimum absolute atomic E-state index is 0.0390. The fourth-order valence-electron chi connectivity index (χ4n) is 2.01. The number of nitrogen functional groups attached to an aromatic ring is 1. The molecule has 0 radical (unpaired) electrons. The molecule has 0 unspecified atom stereocenters. The van der Waals surface area contributed by atoms with Crippen LogP contribution in [0.1, 0.15) is 21.7 Å². The van der Waals surface area contributed by atoms with Gasteiger partial charge in [0, 0.05) is 5.56 Å². The molecule has 0 aliphatic carbocycles. The van der Waals surface area contributed by atoms with Gasteiger partial charge in [0.15, 0.2) is 10.8 Å². The van der Waals surface area contributed by atoms with Crippen molar-refractivity contribution < 1.29 is 14.2 Å². The number of carbonyl (C=O) groups excluding carboxylic acids is 1. The van der Waals surface area contributed by atoms with Gasteiger partial charge in [-0.15, -0.1) is 16.9 Å². The van der Waals surface area contributed by atoms with Crippen LogP contribution in [-0.4, -0.2) is 50.8 Å². The summed E-state index contributed by atoms with van der Waals surface area (Å²) in [5.74, 6) is -0.332. The van der Waals surface area contributed by atoms with E-state index in [0.717, 1.165) is 9.77 Å². The number of anilines is 1. The number of thiophene rings is 1. The second-order valence-electron chi connectivity index (χ2n) is 4.82. The number of nitrogens with zero attached hydrogens (tertiary/aromatic N) is 6. The first-order chi connectivity index (χ1) is 12.5. The highest BCUT2D eigenvalue weighted by molar-refractivity contribution is 8.00. The molecule has 0 saturated carbocycles. The molecule has 0 aliphatic heterocycles. The molecule has 0 fully saturated rings. The first kappa shape index (κ1) is 17.9. The first-order valence-corrected chi connectivity index (χ1v) is 9.15. The van der Waals surface area contributed by atoms with Gasteiger partial charge in [-0.1, -0.05) is 16.6 Å². The van der Waals surface area contributed by atoms with Crippen LogP contribution in [0.4, 0.5) is 5.82 Å². The second-order valence-corrected chi connectivity index (χ2v) is 6.95. The van der Waals surface area contributed by atoms with Crippen LogP contribution in [-0.2, 0) is 0 Å². The number of rotatable bonds is 6. The van der Waals surface area contributed by atoms with E-state index in [2.05, 4.69) is 35.8 Å². The quantitative estimate of drug-likeness (QED) is 0.356. The van der Waals surface area contributed by atoms with Crippen LogP contribution < -0.4 is 15.9 Å². The second kappa shape index (κ2) is 7.53. The Morgan fingerprint density at radius 3 is 3.00 bits per heavy atom. The highest BCUT2D eigenvalue weighted by atomic mass is 32.2. The number of nitrogens with two attached hydrogens (primary N) is 1. The van der Waals surface area contributed by atoms with Crippen molar-refractivity contribution >= 4 is 41.0 Å². The zero-order valence-corrected chi connectivity index (χ0v) is 15.6. The van der Waals surface area contributed by atoms with Crippen LogP contribution in [0.15, 0.2) is 20.0 Å². The molecule has 3 heterocycles. The minimum Gasteiger partial charge on any atom is -0.487 e. The monoisotopic (exact) mass is 394 g/mol. The summed E-state index contributed by atoms with van der Waals surface area (Å²) in [4.78, 5) is 12.3. The van der Waals surface area contributed by atoms with Crippen molar-refractivity contribution in [1.29, 1.82) is 0 Å². The van der Waals surface area contributed by atoms with Gasteiger partial charge in [0.2, 0.25) is 11.6 Å². The summed E-state index contributed by atoms with van der Waals surface area (Å²) in [5, 5.41) is 19.4. The van der Waals surface area contributed by atoms with Gasteiger partial charge in [-0.05, 0) is 29.6 Å². The number of carbonyl (C=O) groups is 1. The van der Waals surface area contributed by atoms with Crippen LogP contribution in [0.25, 0.3) is 5.82 Å². The fourth-order valence-corrected chi connectivity index (χ4v) is 3.49. The summed E-state index contributed by atoms with van der Waals surface area (Å²) in [6.07, 6.45) is 3.48. The van der Waals surface area contributed by atoms with Gasteiger partial charge in [0.25, 0.3) is 5.91 Å². The SMILES string of the molecule is COc1sc(SC)cc1/C=N\NC(=O)c1nnn(-c2nonc2N)c1C. The molecule has 3 rings (SSSR count). The van der Waals surface area contributed by atoms with Crippen LogP contribution in [0.2, 0.25) is 0 Å². The lowest BCUT2D eigenvalue weighted by molar-refractivity contribution is 0.0949. The van der Waals surface area contributed by atoms with Crippen LogP contribution in [0.5, 0.6) is 5.06 Å². The molecule has 13 heteroatoms. The lowest BCUT2D eigenvalue weighted by Gasteiger charge is -1.99. The van der Waals surface area contributed by atoms with E-state index in [0.29, 0.717) is 10.8 Å². The molecule has 0 aromatic carbocycles. The standard InChI is InChI=1S/C13H14N8O3S2/c1-6-9(16-20-21(6)11-10(14)18-24-19-11)12(22)17-15-5-7-4-8(25-3)26-13(7)23-2/h4-5H,1-3H3,(H2,14,18)(H,17,22)/b15-5-. The van der Waals surface area contributed by atoms with E-state index in [-0.39, 0.29) is 17.3 Å². The molecule has 0 bridgehead atoms. The molecule has 26 heavy (non-hydrogen) atoms. The molecule has 136 valence electrons. The third kappa shape index (κ3) is 3.39. The lowest BCUT2D eigenvalue weighted by Crippen LogP contribution is -2.19. The van der Waals surface area contributed by atoms with E-state index in [1.54, 1.807) is 25.8 Å². The van der Waals surface area contributed by atoms with Gasteiger partial charge in [-0.2, -0.15) is 9.78 Å². The molecule has 0 spiro atoms. The number of methoxy groups -OCH3 is 1. The van der Waals surface area contributed by atoms with Gasteiger partial charge < -0.3 is 10.5 Å². The van der Waals surface area contributed by atoms with Crippen LogP contribution in [0.3, 0.4) is 0 Å². The smallest absolute Gasteiger partial charge is 0.293 e. The Labute approximate surface area is 155 Å². The molecule has 0 saturated heterocycles. The third-order valence-electron chi connectivity index (χ3n) is 3.26. The number of ether oxygens (including phenoxy) is 1. The third-order valence-corrected chi connectivity index (χ3v) is 5.44. The summed E-state index contributed by atoms with van der Waals surface area (Å²) in [7, 11) is 1.58. The Morgan fingerprint density at radius 2 is 2.35 bits per heavy atom. The molecular formula is C13H14N8O3S2. The molecular weight excluding hydrogens is 380 g/mol. The van der Waals surface area contributed by atoms with E-state index in [1.807, 2.05) is 12.3 Å².